The first kappa shape index (κ1) is 23.2. The van der Waals surface area contributed by atoms with Gasteiger partial charge in [0.1, 0.15) is 5.75 Å². The molecule has 2 aliphatic rings. The van der Waals surface area contributed by atoms with Gasteiger partial charge in [0.25, 0.3) is 5.91 Å². The van der Waals surface area contributed by atoms with E-state index in [-0.39, 0.29) is 18.6 Å². The van der Waals surface area contributed by atoms with Crippen LogP contribution in [0, 0.1) is 5.92 Å². The Morgan fingerprint density at radius 3 is 2.43 bits per heavy atom. The van der Waals surface area contributed by atoms with E-state index >= 15 is 0 Å². The fourth-order valence-corrected chi connectivity index (χ4v) is 6.04. The molecule has 8 heteroatoms. The summed E-state index contributed by atoms with van der Waals surface area (Å²) in [5.74, 6) is 0.801. The lowest BCUT2D eigenvalue weighted by atomic mass is 9.69. The van der Waals surface area contributed by atoms with Gasteiger partial charge in [-0.2, -0.15) is 0 Å². The van der Waals surface area contributed by atoms with E-state index in [1.54, 1.807) is 36.3 Å². The summed E-state index contributed by atoms with van der Waals surface area (Å²) in [5, 5.41) is 1.85. The number of fused-ring (bicyclic) bond motifs is 1. The van der Waals surface area contributed by atoms with Gasteiger partial charge in [0.15, 0.2) is 17.0 Å². The highest BCUT2D eigenvalue weighted by atomic mass is 32.1. The molecule has 1 aliphatic carbocycles. The van der Waals surface area contributed by atoms with Gasteiger partial charge in [-0.1, -0.05) is 37.5 Å². The molecule has 0 radical (unpaired) electrons. The van der Waals surface area contributed by atoms with Crippen LogP contribution in [-0.2, 0) is 10.3 Å². The molecule has 3 aromatic rings. The average molecular weight is 493 g/mol. The number of thiophene rings is 1. The third-order valence-corrected chi connectivity index (χ3v) is 7.86. The summed E-state index contributed by atoms with van der Waals surface area (Å²) in [6, 6.07) is 16.2. The van der Waals surface area contributed by atoms with Crippen molar-refractivity contribution in [1.29, 1.82) is 0 Å². The Balaban J connectivity index is 1.77. The maximum atomic E-state index is 14.2. The van der Waals surface area contributed by atoms with E-state index in [1.165, 1.54) is 11.3 Å². The van der Waals surface area contributed by atoms with Gasteiger partial charge in [-0.25, -0.2) is 0 Å². The summed E-state index contributed by atoms with van der Waals surface area (Å²) in [6.45, 7) is 0.111. The molecule has 2 amide bonds. The average Bonchev–Trinajstić information content (AvgIpc) is 3.59. The highest BCUT2D eigenvalue weighted by Crippen LogP contribution is 2.48. The number of hydrogen-bond acceptors (Lipinski definition) is 6. The second-order valence-corrected chi connectivity index (χ2v) is 9.80. The van der Waals surface area contributed by atoms with Crippen molar-refractivity contribution in [2.75, 3.05) is 18.8 Å². The number of methoxy groups -OCH3 is 1. The predicted molar refractivity (Wildman–Crippen MR) is 134 cm³/mol. The number of carbonyl (C=O) groups excluding carboxylic acids is 2. The minimum atomic E-state index is -1.40. The van der Waals surface area contributed by atoms with E-state index in [1.807, 2.05) is 35.7 Å². The van der Waals surface area contributed by atoms with Gasteiger partial charge in [0.2, 0.25) is 12.7 Å². The molecule has 0 bridgehead atoms. The normalized spacial score (nSPS) is 16.9. The summed E-state index contributed by atoms with van der Waals surface area (Å²) in [4.78, 5) is 30.1. The van der Waals surface area contributed by atoms with E-state index in [0.717, 1.165) is 32.1 Å². The van der Waals surface area contributed by atoms with Crippen molar-refractivity contribution in [2.24, 2.45) is 11.7 Å². The number of amides is 2. The number of hydrogen-bond donors (Lipinski definition) is 1. The minimum absolute atomic E-state index is 0.111. The predicted octanol–water partition coefficient (Wildman–Crippen LogP) is 5.09. The zero-order valence-corrected chi connectivity index (χ0v) is 20.4. The molecule has 7 nitrogen and oxygen atoms in total. The number of nitrogens with two attached hydrogens (primary N) is 1. The van der Waals surface area contributed by atoms with Gasteiger partial charge in [-0.15, -0.1) is 11.3 Å². The zero-order chi connectivity index (χ0) is 24.4. The second kappa shape index (κ2) is 9.62. The first-order valence-corrected chi connectivity index (χ1v) is 12.7. The molecule has 1 aliphatic heterocycles. The molecule has 182 valence electrons. The number of carbonyl (C=O) groups is 2. The van der Waals surface area contributed by atoms with Crippen LogP contribution in [0.1, 0.15) is 47.3 Å². The molecular weight excluding hydrogens is 464 g/mol. The number of ether oxygens (including phenoxy) is 3. The third kappa shape index (κ3) is 4.01. The Bertz CT molecular complexity index is 1200. The summed E-state index contributed by atoms with van der Waals surface area (Å²) in [5.41, 5.74) is 6.13. The molecule has 2 N–H and O–H groups in total. The molecule has 2 heterocycles. The fraction of sp³-hybridized carbons (Fsp3) is 0.333. The third-order valence-electron chi connectivity index (χ3n) is 7.00. The summed E-state index contributed by atoms with van der Waals surface area (Å²) in [6.07, 6.45) is 4.61. The van der Waals surface area contributed by atoms with Crippen LogP contribution in [0.3, 0.4) is 0 Å². The molecule has 0 spiro atoms. The molecule has 0 saturated heterocycles. The Morgan fingerprint density at radius 1 is 1.03 bits per heavy atom. The van der Waals surface area contributed by atoms with Crippen LogP contribution < -0.4 is 24.8 Å². The first-order valence-electron chi connectivity index (χ1n) is 11.8. The van der Waals surface area contributed by atoms with Crippen molar-refractivity contribution in [3.8, 4) is 17.2 Å². The molecule has 1 unspecified atom stereocenters. The summed E-state index contributed by atoms with van der Waals surface area (Å²) < 4.78 is 16.5. The van der Waals surface area contributed by atoms with E-state index in [0.29, 0.717) is 33.4 Å². The van der Waals surface area contributed by atoms with Crippen LogP contribution in [0.5, 0.6) is 17.2 Å². The standard InChI is InChI=1S/C27H28N2O5S/c1-32-21-12-9-19(10-13-21)27(26(28)31,18-6-3-2-4-7-18)29(25(30)24-8-5-15-35-24)20-11-14-22-23(16-20)34-17-33-22/h5,8-16,18H,2-4,6-7,17H2,1H3,(H2,28,31). The van der Waals surface area contributed by atoms with Crippen LogP contribution in [-0.4, -0.2) is 25.7 Å². The van der Waals surface area contributed by atoms with E-state index in [4.69, 9.17) is 19.9 Å². The maximum Gasteiger partial charge on any atom is 0.269 e. The zero-order valence-electron chi connectivity index (χ0n) is 19.6. The number of anilines is 1. The molecule has 1 saturated carbocycles. The number of rotatable bonds is 7. The Kier molecular flexibility index (Phi) is 6.38. The van der Waals surface area contributed by atoms with Gasteiger partial charge in [0.05, 0.1) is 12.0 Å². The van der Waals surface area contributed by atoms with Crippen molar-refractivity contribution >= 4 is 28.8 Å². The van der Waals surface area contributed by atoms with Crippen LogP contribution in [0.25, 0.3) is 0 Å². The lowest BCUT2D eigenvalue weighted by molar-refractivity contribution is -0.126. The van der Waals surface area contributed by atoms with Gasteiger partial charge >= 0.3 is 0 Å². The first-order chi connectivity index (χ1) is 17.1. The van der Waals surface area contributed by atoms with Crippen molar-refractivity contribution in [2.45, 2.75) is 37.6 Å². The van der Waals surface area contributed by atoms with Crippen LogP contribution in [0.4, 0.5) is 5.69 Å². The van der Waals surface area contributed by atoms with Crippen LogP contribution >= 0.6 is 11.3 Å². The SMILES string of the molecule is COc1ccc(C(C(N)=O)(C2CCCCC2)N(C(=O)c2cccs2)c2ccc3c(c2)OCO3)cc1. The van der Waals surface area contributed by atoms with E-state index in [9.17, 15) is 9.59 Å². The maximum absolute atomic E-state index is 14.2. The number of nitrogens with zero attached hydrogens (tertiary/aromatic N) is 1. The molecule has 35 heavy (non-hydrogen) atoms. The Labute approximate surface area is 208 Å². The Morgan fingerprint density at radius 2 is 1.77 bits per heavy atom. The largest absolute Gasteiger partial charge is 0.497 e. The van der Waals surface area contributed by atoms with E-state index < -0.39 is 11.4 Å². The van der Waals surface area contributed by atoms with Crippen LogP contribution in [0.2, 0.25) is 0 Å². The van der Waals surface area contributed by atoms with Crippen LogP contribution in [0.15, 0.2) is 60.0 Å². The van der Waals surface area contributed by atoms with E-state index in [2.05, 4.69) is 0 Å². The second-order valence-electron chi connectivity index (χ2n) is 8.85. The highest BCUT2D eigenvalue weighted by Gasteiger charge is 2.53. The van der Waals surface area contributed by atoms with Crippen molar-refractivity contribution in [1.82, 2.24) is 0 Å². The quantitative estimate of drug-likeness (QED) is 0.496. The minimum Gasteiger partial charge on any atom is -0.497 e. The van der Waals surface area contributed by atoms with Crippen molar-refractivity contribution in [3.05, 3.63) is 70.4 Å². The van der Waals surface area contributed by atoms with Gasteiger partial charge < -0.3 is 19.9 Å². The van der Waals surface area contributed by atoms with Gasteiger partial charge in [0, 0.05) is 11.8 Å². The molecule has 1 atom stereocenters. The fourth-order valence-electron chi connectivity index (χ4n) is 5.38. The molecular formula is C27H28N2O5S. The highest BCUT2D eigenvalue weighted by molar-refractivity contribution is 7.12. The lowest BCUT2D eigenvalue weighted by Crippen LogP contribution is -2.62. The van der Waals surface area contributed by atoms with Gasteiger partial charge in [-0.3, -0.25) is 14.5 Å². The van der Waals surface area contributed by atoms with Crippen molar-refractivity contribution < 1.29 is 23.8 Å². The molecule has 1 fully saturated rings. The monoisotopic (exact) mass is 492 g/mol. The number of benzene rings is 2. The molecule has 1 aromatic heterocycles. The summed E-state index contributed by atoms with van der Waals surface area (Å²) >= 11 is 1.34. The molecule has 2 aromatic carbocycles. The number of primary amides is 1. The molecule has 5 rings (SSSR count). The summed E-state index contributed by atoms with van der Waals surface area (Å²) in [7, 11) is 1.59. The van der Waals surface area contributed by atoms with Gasteiger partial charge in [-0.05, 0) is 60.0 Å². The topological polar surface area (TPSA) is 91.1 Å². The smallest absolute Gasteiger partial charge is 0.269 e. The lowest BCUT2D eigenvalue weighted by Gasteiger charge is -2.48. The Hall–Kier alpha value is -3.52. The van der Waals surface area contributed by atoms with Crippen molar-refractivity contribution in [3.63, 3.8) is 0 Å².